The number of rotatable bonds is 6. The van der Waals surface area contributed by atoms with Crippen LogP contribution in [-0.4, -0.2) is 36.1 Å². The van der Waals surface area contributed by atoms with Gasteiger partial charge in [-0.15, -0.1) is 0 Å². The topological polar surface area (TPSA) is 77.8 Å². The minimum absolute atomic E-state index is 0.00529. The average Bonchev–Trinajstić information content (AvgIpc) is 2.48. The van der Waals surface area contributed by atoms with E-state index in [-0.39, 0.29) is 30.3 Å². The molecule has 2 rings (SSSR count). The molecule has 2 N–H and O–H groups in total. The average molecular weight is 307 g/mol. The van der Waals surface area contributed by atoms with E-state index in [1.165, 1.54) is 28.6 Å². The molecule has 2 aromatic rings. The van der Waals surface area contributed by atoms with Crippen LogP contribution in [0.15, 0.2) is 59.5 Å². The fraction of sp³-hybridized carbons (Fsp3) is 0.200. The molecule has 0 unspecified atom stereocenters. The molecule has 5 nitrogen and oxygen atoms in total. The summed E-state index contributed by atoms with van der Waals surface area (Å²) in [6.45, 7) is -0.0626. The van der Waals surface area contributed by atoms with Crippen molar-refractivity contribution in [2.45, 2.75) is 11.4 Å². The number of hydrogen-bond acceptors (Lipinski definition) is 4. The Morgan fingerprint density at radius 1 is 0.952 bits per heavy atom. The summed E-state index contributed by atoms with van der Waals surface area (Å²) in [7, 11) is -3.72. The zero-order chi connectivity index (χ0) is 15.3. The zero-order valence-corrected chi connectivity index (χ0v) is 12.2. The third kappa shape index (κ3) is 3.81. The van der Waals surface area contributed by atoms with Crippen LogP contribution in [0.2, 0.25) is 0 Å². The van der Waals surface area contributed by atoms with Crippen LogP contribution in [0.25, 0.3) is 0 Å². The minimum Gasteiger partial charge on any atom is -0.508 e. The molecule has 0 aliphatic heterocycles. The Hall–Kier alpha value is -1.89. The molecular formula is C15H17NO4S. The molecule has 2 aromatic carbocycles. The summed E-state index contributed by atoms with van der Waals surface area (Å²) >= 11 is 0. The third-order valence-corrected chi connectivity index (χ3v) is 4.89. The van der Waals surface area contributed by atoms with Crippen LogP contribution in [0.5, 0.6) is 5.75 Å². The van der Waals surface area contributed by atoms with Gasteiger partial charge in [-0.3, -0.25) is 0 Å². The normalized spacial score (nSPS) is 11.7. The SMILES string of the molecule is O=S(=O)(c1ccc(O)cc1)N(CCO)Cc1ccccc1. The lowest BCUT2D eigenvalue weighted by Crippen LogP contribution is -2.33. The van der Waals surface area contributed by atoms with Crippen LogP contribution < -0.4 is 0 Å². The van der Waals surface area contributed by atoms with E-state index in [2.05, 4.69) is 0 Å². The van der Waals surface area contributed by atoms with Crippen LogP contribution >= 0.6 is 0 Å². The number of aromatic hydroxyl groups is 1. The first-order chi connectivity index (χ1) is 10.0. The number of aliphatic hydroxyl groups excluding tert-OH is 1. The Labute approximate surface area is 124 Å². The van der Waals surface area contributed by atoms with Crippen LogP contribution in [0.3, 0.4) is 0 Å². The maximum absolute atomic E-state index is 12.6. The van der Waals surface area contributed by atoms with Gasteiger partial charge in [-0.25, -0.2) is 8.42 Å². The lowest BCUT2D eigenvalue weighted by Gasteiger charge is -2.21. The van der Waals surface area contributed by atoms with E-state index in [9.17, 15) is 13.5 Å². The van der Waals surface area contributed by atoms with E-state index < -0.39 is 10.0 Å². The molecule has 0 aliphatic rings. The van der Waals surface area contributed by atoms with E-state index >= 15 is 0 Å². The molecular weight excluding hydrogens is 290 g/mol. The molecule has 112 valence electrons. The van der Waals surface area contributed by atoms with Gasteiger partial charge in [0.2, 0.25) is 10.0 Å². The molecule has 0 heterocycles. The van der Waals surface area contributed by atoms with Crippen molar-refractivity contribution in [1.29, 1.82) is 0 Å². The van der Waals surface area contributed by atoms with Gasteiger partial charge in [0.1, 0.15) is 5.75 Å². The first-order valence-corrected chi connectivity index (χ1v) is 7.92. The molecule has 0 atom stereocenters. The summed E-state index contributed by atoms with van der Waals surface area (Å²) < 4.78 is 26.4. The summed E-state index contributed by atoms with van der Waals surface area (Å²) in [6, 6.07) is 14.5. The molecule has 0 amide bonds. The van der Waals surface area contributed by atoms with Gasteiger partial charge in [0.05, 0.1) is 11.5 Å². The van der Waals surface area contributed by atoms with Crippen molar-refractivity contribution in [3.05, 3.63) is 60.2 Å². The highest BCUT2D eigenvalue weighted by Gasteiger charge is 2.24. The van der Waals surface area contributed by atoms with Gasteiger partial charge in [-0.1, -0.05) is 30.3 Å². The number of hydrogen-bond donors (Lipinski definition) is 2. The first-order valence-electron chi connectivity index (χ1n) is 6.48. The summed E-state index contributed by atoms with van der Waals surface area (Å²) in [6.07, 6.45) is 0. The van der Waals surface area contributed by atoms with Crippen molar-refractivity contribution in [2.75, 3.05) is 13.2 Å². The lowest BCUT2D eigenvalue weighted by molar-refractivity contribution is 0.251. The van der Waals surface area contributed by atoms with Crippen molar-refractivity contribution >= 4 is 10.0 Å². The second-order valence-corrected chi connectivity index (χ2v) is 6.48. The monoisotopic (exact) mass is 307 g/mol. The van der Waals surface area contributed by atoms with E-state index in [0.717, 1.165) is 5.56 Å². The van der Waals surface area contributed by atoms with Gasteiger partial charge >= 0.3 is 0 Å². The van der Waals surface area contributed by atoms with Crippen LogP contribution in [0.4, 0.5) is 0 Å². The molecule has 0 aliphatic carbocycles. The van der Waals surface area contributed by atoms with Crippen molar-refractivity contribution < 1.29 is 18.6 Å². The highest BCUT2D eigenvalue weighted by molar-refractivity contribution is 7.89. The quantitative estimate of drug-likeness (QED) is 0.849. The van der Waals surface area contributed by atoms with Crippen molar-refractivity contribution in [3.63, 3.8) is 0 Å². The van der Waals surface area contributed by atoms with Gasteiger partial charge in [-0.05, 0) is 29.8 Å². The lowest BCUT2D eigenvalue weighted by atomic mass is 10.2. The smallest absolute Gasteiger partial charge is 0.243 e. The van der Waals surface area contributed by atoms with Crippen molar-refractivity contribution in [1.82, 2.24) is 4.31 Å². The second kappa shape index (κ2) is 6.71. The Morgan fingerprint density at radius 2 is 1.57 bits per heavy atom. The second-order valence-electron chi connectivity index (χ2n) is 4.54. The Kier molecular flexibility index (Phi) is 4.95. The summed E-state index contributed by atoms with van der Waals surface area (Å²) in [5, 5.41) is 18.4. The molecule has 21 heavy (non-hydrogen) atoms. The Bertz CT molecular complexity index is 669. The van der Waals surface area contributed by atoms with Gasteiger partial charge in [0, 0.05) is 13.1 Å². The van der Waals surface area contributed by atoms with Gasteiger partial charge in [0.25, 0.3) is 0 Å². The molecule has 0 saturated carbocycles. The molecule has 0 fully saturated rings. The minimum atomic E-state index is -3.72. The fourth-order valence-corrected chi connectivity index (χ4v) is 3.37. The number of phenols is 1. The predicted molar refractivity (Wildman–Crippen MR) is 79.2 cm³/mol. The molecule has 6 heteroatoms. The molecule has 0 aromatic heterocycles. The van der Waals surface area contributed by atoms with Crippen LogP contribution in [-0.2, 0) is 16.6 Å². The van der Waals surface area contributed by atoms with E-state index in [0.29, 0.717) is 0 Å². The molecule has 0 spiro atoms. The molecule has 0 bridgehead atoms. The largest absolute Gasteiger partial charge is 0.508 e. The van der Waals surface area contributed by atoms with Crippen molar-refractivity contribution in [2.24, 2.45) is 0 Å². The Balaban J connectivity index is 2.30. The fourth-order valence-electron chi connectivity index (χ4n) is 1.95. The van der Waals surface area contributed by atoms with E-state index in [4.69, 9.17) is 5.11 Å². The highest BCUT2D eigenvalue weighted by Crippen LogP contribution is 2.20. The summed E-state index contributed by atoms with van der Waals surface area (Å²) in [5.41, 5.74) is 0.841. The predicted octanol–water partition coefficient (Wildman–Crippen LogP) is 1.58. The highest BCUT2D eigenvalue weighted by atomic mass is 32.2. The molecule has 0 saturated heterocycles. The maximum Gasteiger partial charge on any atom is 0.243 e. The van der Waals surface area contributed by atoms with Gasteiger partial charge in [0.15, 0.2) is 0 Å². The van der Waals surface area contributed by atoms with Gasteiger partial charge in [-0.2, -0.15) is 4.31 Å². The van der Waals surface area contributed by atoms with Crippen LogP contribution in [0.1, 0.15) is 5.56 Å². The standard InChI is InChI=1S/C15H17NO4S/c17-11-10-16(12-13-4-2-1-3-5-13)21(19,20)15-8-6-14(18)7-9-15/h1-9,17-18H,10-12H2. The number of nitrogens with zero attached hydrogens (tertiary/aromatic N) is 1. The summed E-state index contributed by atoms with van der Waals surface area (Å²) in [5.74, 6) is 0.00529. The summed E-state index contributed by atoms with van der Waals surface area (Å²) in [4.78, 5) is 0.0877. The number of aliphatic hydroxyl groups is 1. The number of benzene rings is 2. The van der Waals surface area contributed by atoms with E-state index in [1.54, 1.807) is 0 Å². The number of phenolic OH excluding ortho intramolecular Hbond substituents is 1. The molecule has 0 radical (unpaired) electrons. The Morgan fingerprint density at radius 3 is 2.14 bits per heavy atom. The van der Waals surface area contributed by atoms with Crippen molar-refractivity contribution in [3.8, 4) is 5.75 Å². The van der Waals surface area contributed by atoms with Gasteiger partial charge < -0.3 is 10.2 Å². The third-order valence-electron chi connectivity index (χ3n) is 3.03. The zero-order valence-electron chi connectivity index (χ0n) is 11.4. The van der Waals surface area contributed by atoms with Crippen LogP contribution in [0, 0.1) is 0 Å². The maximum atomic E-state index is 12.6. The van der Waals surface area contributed by atoms with E-state index in [1.807, 2.05) is 30.3 Å². The number of sulfonamides is 1. The first kappa shape index (κ1) is 15.5.